The summed E-state index contributed by atoms with van der Waals surface area (Å²) in [5.74, 6) is -9.35. The number of hydrogen-bond donors (Lipinski definition) is 0. The van der Waals surface area contributed by atoms with Crippen LogP contribution in [-0.4, -0.2) is 73.3 Å². The van der Waals surface area contributed by atoms with Crippen molar-refractivity contribution in [3.63, 3.8) is 0 Å². The van der Waals surface area contributed by atoms with E-state index >= 15 is 13.2 Å². The van der Waals surface area contributed by atoms with Gasteiger partial charge in [-0.3, -0.25) is 0 Å². The first kappa shape index (κ1) is 36.7. The number of hydrogen-bond acceptors (Lipinski definition) is 10. The maximum absolute atomic E-state index is 15.2. The van der Waals surface area contributed by atoms with Crippen molar-refractivity contribution in [2.45, 2.75) is 146 Å². The molecule has 16 heteroatoms. The molecule has 9 fully saturated rings. The lowest BCUT2D eigenvalue weighted by atomic mass is 9.57. The van der Waals surface area contributed by atoms with Gasteiger partial charge in [-0.05, 0) is 76.5 Å². The molecular formula is C35H48F6O10. The highest BCUT2D eigenvalue weighted by Gasteiger charge is 2.77. The number of halogens is 6. The number of rotatable bonds is 7. The summed E-state index contributed by atoms with van der Waals surface area (Å²) in [6.45, 7) is 7.73. The summed E-state index contributed by atoms with van der Waals surface area (Å²) in [6, 6.07) is 0. The molecule has 290 valence electrons. The predicted molar refractivity (Wildman–Crippen MR) is 160 cm³/mol. The maximum Gasteiger partial charge on any atom is 0.449 e. The third-order valence-electron chi connectivity index (χ3n) is 13.6. The Labute approximate surface area is 292 Å². The highest BCUT2D eigenvalue weighted by atomic mass is 19.4. The molecule has 2 spiro atoms. The van der Waals surface area contributed by atoms with Gasteiger partial charge in [0, 0.05) is 48.7 Å². The van der Waals surface area contributed by atoms with Crippen molar-refractivity contribution in [3.8, 4) is 0 Å². The first-order valence-corrected chi connectivity index (χ1v) is 18.4. The predicted octanol–water partition coefficient (Wildman–Crippen LogP) is 7.61. The van der Waals surface area contributed by atoms with E-state index < -0.39 is 90.2 Å². The highest BCUT2D eigenvalue weighted by molar-refractivity contribution is 5.28. The largest absolute Gasteiger partial charge is 0.456 e. The summed E-state index contributed by atoms with van der Waals surface area (Å²) >= 11 is 0. The van der Waals surface area contributed by atoms with Crippen LogP contribution in [0.15, 0.2) is 11.3 Å². The minimum absolute atomic E-state index is 0.0547. The minimum atomic E-state index is -4.95. The molecule has 10 aliphatic rings. The lowest BCUT2D eigenvalue weighted by Gasteiger charge is -2.62. The second kappa shape index (κ2) is 12.1. The Morgan fingerprint density at radius 1 is 0.686 bits per heavy atom. The first-order valence-electron chi connectivity index (χ1n) is 18.4. The Kier molecular flexibility index (Phi) is 8.73. The van der Waals surface area contributed by atoms with Crippen molar-refractivity contribution in [1.82, 2.24) is 0 Å². The van der Waals surface area contributed by atoms with Crippen molar-refractivity contribution in [1.29, 1.82) is 0 Å². The Hall–Kier alpha value is -1.24. The van der Waals surface area contributed by atoms with Crippen LogP contribution in [0.4, 0.5) is 26.3 Å². The number of fused-ring (bicyclic) bond motifs is 4. The van der Waals surface area contributed by atoms with Gasteiger partial charge in [-0.25, -0.2) is 19.6 Å². The van der Waals surface area contributed by atoms with Gasteiger partial charge in [0.1, 0.15) is 0 Å². The average Bonchev–Trinajstić information content (AvgIpc) is 3.42. The fraction of sp³-hybridized carbons (Fsp3) is 0.943. The summed E-state index contributed by atoms with van der Waals surface area (Å²) in [7, 11) is 0. The normalized spacial score (nSPS) is 50.6. The standard InChI is InChI=1S/C35H48F6O10/c1-18-7-9-24-20(3)33(35(39,40)41,47-28-31(24)22(18)11-14-30(5,46-28)49-50-31)43-16-6-15-42-17-21-25-10-8-19(2)23-12-13-29(4)45-27(32(23,25)51-48-29)44-26(21)34(36,37)38/h18-20,22-25,27-28H,6-17H2,1-5H3/t18-,19-,20-,22?,23?,24+,25+,27-,28+,29+,30+,31-,32-,33-/m1/s1. The van der Waals surface area contributed by atoms with Gasteiger partial charge in [0.15, 0.2) is 17.5 Å². The molecule has 51 heavy (non-hydrogen) atoms. The van der Waals surface area contributed by atoms with Gasteiger partial charge in [0.2, 0.25) is 23.6 Å². The lowest BCUT2D eigenvalue weighted by Crippen LogP contribution is -2.76. The molecule has 0 aromatic carbocycles. The van der Waals surface area contributed by atoms with Crippen molar-refractivity contribution < 1.29 is 74.3 Å². The van der Waals surface area contributed by atoms with Gasteiger partial charge in [0.05, 0.1) is 13.2 Å². The molecule has 0 amide bonds. The van der Waals surface area contributed by atoms with Gasteiger partial charge >= 0.3 is 12.4 Å². The van der Waals surface area contributed by atoms with Crippen molar-refractivity contribution in [3.05, 3.63) is 11.3 Å². The third-order valence-corrected chi connectivity index (χ3v) is 13.6. The van der Waals surface area contributed by atoms with Crippen molar-refractivity contribution in [2.24, 2.45) is 41.4 Å². The molecule has 4 bridgehead atoms. The fourth-order valence-electron chi connectivity index (χ4n) is 11.0. The van der Waals surface area contributed by atoms with Crippen LogP contribution in [0.5, 0.6) is 0 Å². The van der Waals surface area contributed by atoms with E-state index in [4.69, 9.17) is 48.0 Å². The van der Waals surface area contributed by atoms with Gasteiger partial charge < -0.3 is 28.4 Å². The molecule has 10 nitrogen and oxygen atoms in total. The van der Waals surface area contributed by atoms with Crippen LogP contribution >= 0.6 is 0 Å². The molecule has 0 N–H and O–H groups in total. The zero-order valence-corrected chi connectivity index (χ0v) is 29.5. The van der Waals surface area contributed by atoms with E-state index in [0.29, 0.717) is 51.4 Å². The van der Waals surface area contributed by atoms with E-state index in [1.54, 1.807) is 13.8 Å². The number of allylic oxidation sites excluding steroid dienone is 1. The molecule has 0 aromatic rings. The van der Waals surface area contributed by atoms with Crippen LogP contribution in [0, 0.1) is 41.4 Å². The molecule has 2 unspecified atom stereocenters. The summed E-state index contributed by atoms with van der Waals surface area (Å²) in [5.41, 5.74) is -2.63. The molecule has 10 rings (SSSR count). The third kappa shape index (κ3) is 5.38. The molecule has 7 saturated heterocycles. The Bertz CT molecular complexity index is 1400. The second-order valence-corrected chi connectivity index (χ2v) is 16.6. The van der Waals surface area contributed by atoms with Crippen LogP contribution in [0.2, 0.25) is 0 Å². The van der Waals surface area contributed by atoms with Gasteiger partial charge in [0.25, 0.3) is 5.79 Å². The first-order chi connectivity index (χ1) is 23.9. The molecular weight excluding hydrogens is 694 g/mol. The zero-order valence-electron chi connectivity index (χ0n) is 29.5. The topological polar surface area (TPSA) is 92.3 Å². The Morgan fingerprint density at radius 3 is 1.94 bits per heavy atom. The second-order valence-electron chi connectivity index (χ2n) is 16.6. The van der Waals surface area contributed by atoms with E-state index in [2.05, 4.69) is 6.92 Å². The average molecular weight is 743 g/mol. The minimum Gasteiger partial charge on any atom is -0.456 e. The number of alkyl halides is 6. The van der Waals surface area contributed by atoms with Crippen molar-refractivity contribution in [2.75, 3.05) is 19.8 Å². The fourth-order valence-corrected chi connectivity index (χ4v) is 11.0. The molecule has 0 radical (unpaired) electrons. The summed E-state index contributed by atoms with van der Waals surface area (Å²) in [5, 5.41) is 0. The van der Waals surface area contributed by atoms with Crippen LogP contribution in [0.1, 0.15) is 92.4 Å². The smallest absolute Gasteiger partial charge is 0.449 e. The highest BCUT2D eigenvalue weighted by Crippen LogP contribution is 2.65. The lowest BCUT2D eigenvalue weighted by molar-refractivity contribution is -0.598. The molecule has 2 aliphatic carbocycles. The van der Waals surface area contributed by atoms with Crippen molar-refractivity contribution >= 4 is 0 Å². The van der Waals surface area contributed by atoms with Crippen LogP contribution in [-0.2, 0) is 48.0 Å². The molecule has 8 heterocycles. The Balaban J connectivity index is 0.982. The van der Waals surface area contributed by atoms with Gasteiger partial charge in [-0.1, -0.05) is 20.8 Å². The quantitative estimate of drug-likeness (QED) is 0.148. The van der Waals surface area contributed by atoms with Crippen LogP contribution < -0.4 is 0 Å². The van der Waals surface area contributed by atoms with E-state index in [9.17, 15) is 13.2 Å². The molecule has 0 aromatic heterocycles. The van der Waals surface area contributed by atoms with E-state index in [1.165, 1.54) is 6.92 Å². The van der Waals surface area contributed by atoms with E-state index in [-0.39, 0.29) is 42.3 Å². The van der Waals surface area contributed by atoms with Gasteiger partial charge in [-0.15, -0.1) is 0 Å². The Morgan fingerprint density at radius 2 is 1.29 bits per heavy atom. The SMILES string of the molecule is C[C@@H]1CC[C@H]2C(COCCCO[C@@]3(C(F)(F)F)O[C@@H]4O[C@]5(C)CCC6[C@H](C)CC[C@@H]([C@H]3C)[C@]64OO5)=C(C(F)(F)F)O[C@@H]3O[C@]4(C)CCC1[C@]32OO4. The summed E-state index contributed by atoms with van der Waals surface area (Å²) < 4.78 is 124. The summed E-state index contributed by atoms with van der Waals surface area (Å²) in [6.07, 6.45) is -8.23. The molecule has 2 saturated carbocycles. The zero-order chi connectivity index (χ0) is 36.4. The van der Waals surface area contributed by atoms with Gasteiger partial charge in [-0.2, -0.15) is 26.3 Å². The van der Waals surface area contributed by atoms with Crippen LogP contribution in [0.3, 0.4) is 0 Å². The summed E-state index contributed by atoms with van der Waals surface area (Å²) in [4.78, 5) is 23.4. The molecule has 8 aliphatic heterocycles. The van der Waals surface area contributed by atoms with E-state index in [0.717, 1.165) is 0 Å². The monoisotopic (exact) mass is 742 g/mol. The van der Waals surface area contributed by atoms with Crippen LogP contribution in [0.25, 0.3) is 0 Å². The maximum atomic E-state index is 15.2. The molecule has 14 atom stereocenters. The number of ether oxygens (including phenoxy) is 6. The van der Waals surface area contributed by atoms with E-state index in [1.807, 2.05) is 6.92 Å².